The molecule has 0 radical (unpaired) electrons. The van der Waals surface area contributed by atoms with Crippen LogP contribution in [0.5, 0.6) is 0 Å². The fraction of sp³-hybridized carbons (Fsp3) is 0.333. The number of hydrogen-bond acceptors (Lipinski definition) is 3. The molecule has 18 heavy (non-hydrogen) atoms. The Kier molecular flexibility index (Phi) is 7.74. The van der Waals surface area contributed by atoms with Crippen LogP contribution in [0.15, 0.2) is 30.3 Å². The summed E-state index contributed by atoms with van der Waals surface area (Å²) in [5.41, 5.74) is 6.15. The summed E-state index contributed by atoms with van der Waals surface area (Å²) in [6.07, 6.45) is 0. The summed E-state index contributed by atoms with van der Waals surface area (Å²) in [4.78, 5) is 22.6. The van der Waals surface area contributed by atoms with Gasteiger partial charge in [0.05, 0.1) is 6.54 Å². The van der Waals surface area contributed by atoms with E-state index in [0.717, 1.165) is 5.56 Å². The number of carbonyl (C=O) groups excluding carboxylic acids is 2. The fourth-order valence-electron chi connectivity index (χ4n) is 1.30. The summed E-state index contributed by atoms with van der Waals surface area (Å²) < 4.78 is 0. The van der Waals surface area contributed by atoms with Crippen LogP contribution in [0.1, 0.15) is 12.5 Å². The SMILES string of the molecule is CC(NC(=O)CN)C(=O)NCc1ccccc1.Cl. The quantitative estimate of drug-likeness (QED) is 0.715. The minimum absolute atomic E-state index is 0. The maximum Gasteiger partial charge on any atom is 0.242 e. The van der Waals surface area contributed by atoms with Gasteiger partial charge in [0.1, 0.15) is 6.04 Å². The van der Waals surface area contributed by atoms with E-state index in [4.69, 9.17) is 5.73 Å². The number of benzene rings is 1. The molecule has 1 aromatic carbocycles. The van der Waals surface area contributed by atoms with Crippen molar-refractivity contribution < 1.29 is 9.59 Å². The van der Waals surface area contributed by atoms with Gasteiger partial charge < -0.3 is 16.4 Å². The predicted molar refractivity (Wildman–Crippen MR) is 72.2 cm³/mol. The number of amides is 2. The molecule has 0 spiro atoms. The molecular weight excluding hydrogens is 254 g/mol. The molecule has 2 amide bonds. The Hall–Kier alpha value is -1.59. The van der Waals surface area contributed by atoms with Crippen molar-refractivity contribution in [3.8, 4) is 0 Å². The highest BCUT2D eigenvalue weighted by atomic mass is 35.5. The lowest BCUT2D eigenvalue weighted by molar-refractivity contribution is -0.128. The standard InChI is InChI=1S/C12H17N3O2.ClH/c1-9(15-11(16)7-13)12(17)14-8-10-5-3-2-4-6-10;/h2-6,9H,7-8,13H2,1H3,(H,14,17)(H,15,16);1H. The molecular formula is C12H18ClN3O2. The lowest BCUT2D eigenvalue weighted by atomic mass is 10.2. The molecule has 0 fully saturated rings. The van der Waals surface area contributed by atoms with E-state index in [1.807, 2.05) is 30.3 Å². The van der Waals surface area contributed by atoms with Crippen LogP contribution in [0.4, 0.5) is 0 Å². The van der Waals surface area contributed by atoms with Crippen molar-refractivity contribution >= 4 is 24.2 Å². The number of nitrogens with two attached hydrogens (primary N) is 1. The normalized spacial score (nSPS) is 11.0. The van der Waals surface area contributed by atoms with Crippen LogP contribution in [-0.2, 0) is 16.1 Å². The molecule has 5 nitrogen and oxygen atoms in total. The fourth-order valence-corrected chi connectivity index (χ4v) is 1.30. The van der Waals surface area contributed by atoms with Crippen LogP contribution in [0.3, 0.4) is 0 Å². The third-order valence-corrected chi connectivity index (χ3v) is 2.27. The van der Waals surface area contributed by atoms with Gasteiger partial charge in [-0.05, 0) is 12.5 Å². The monoisotopic (exact) mass is 271 g/mol. The largest absolute Gasteiger partial charge is 0.350 e. The van der Waals surface area contributed by atoms with Gasteiger partial charge in [-0.3, -0.25) is 9.59 Å². The Bertz CT molecular complexity index is 384. The average Bonchev–Trinajstić information content (AvgIpc) is 2.36. The number of rotatable bonds is 5. The lowest BCUT2D eigenvalue weighted by Gasteiger charge is -2.13. The third kappa shape index (κ3) is 5.65. The van der Waals surface area contributed by atoms with E-state index < -0.39 is 6.04 Å². The Morgan fingerprint density at radius 3 is 2.44 bits per heavy atom. The second kappa shape index (κ2) is 8.49. The van der Waals surface area contributed by atoms with Crippen LogP contribution in [0.2, 0.25) is 0 Å². The van der Waals surface area contributed by atoms with Crippen LogP contribution >= 0.6 is 12.4 Å². The first-order valence-electron chi connectivity index (χ1n) is 5.44. The second-order valence-electron chi connectivity index (χ2n) is 3.70. The van der Waals surface area contributed by atoms with Gasteiger partial charge in [0.25, 0.3) is 0 Å². The zero-order valence-electron chi connectivity index (χ0n) is 10.2. The first-order valence-corrected chi connectivity index (χ1v) is 5.44. The van der Waals surface area contributed by atoms with Crippen LogP contribution in [0.25, 0.3) is 0 Å². The molecule has 0 saturated carbocycles. The Balaban J connectivity index is 0.00000289. The van der Waals surface area contributed by atoms with Crippen molar-refractivity contribution in [1.29, 1.82) is 0 Å². The minimum Gasteiger partial charge on any atom is -0.350 e. The molecule has 0 aliphatic rings. The maximum atomic E-state index is 11.6. The zero-order valence-corrected chi connectivity index (χ0v) is 11.0. The molecule has 6 heteroatoms. The average molecular weight is 272 g/mol. The van der Waals surface area contributed by atoms with Gasteiger partial charge in [-0.2, -0.15) is 0 Å². The molecule has 0 bridgehead atoms. The summed E-state index contributed by atoms with van der Waals surface area (Å²) in [5.74, 6) is -0.567. The van der Waals surface area contributed by atoms with Crippen molar-refractivity contribution in [3.05, 3.63) is 35.9 Å². The number of halogens is 1. The van der Waals surface area contributed by atoms with Gasteiger partial charge in [-0.1, -0.05) is 30.3 Å². The molecule has 1 atom stereocenters. The molecule has 0 aliphatic carbocycles. The van der Waals surface area contributed by atoms with Crippen molar-refractivity contribution in [1.82, 2.24) is 10.6 Å². The van der Waals surface area contributed by atoms with E-state index >= 15 is 0 Å². The predicted octanol–water partition coefficient (Wildman–Crippen LogP) is 0.188. The molecule has 0 saturated heterocycles. The van der Waals surface area contributed by atoms with Crippen molar-refractivity contribution in [2.45, 2.75) is 19.5 Å². The van der Waals surface area contributed by atoms with E-state index in [1.165, 1.54) is 0 Å². The Morgan fingerprint density at radius 2 is 1.89 bits per heavy atom. The Morgan fingerprint density at radius 1 is 1.28 bits per heavy atom. The highest BCUT2D eigenvalue weighted by Crippen LogP contribution is 1.97. The van der Waals surface area contributed by atoms with Gasteiger partial charge in [-0.25, -0.2) is 0 Å². The molecule has 1 rings (SSSR count). The highest BCUT2D eigenvalue weighted by molar-refractivity contribution is 5.87. The van der Waals surface area contributed by atoms with E-state index in [-0.39, 0.29) is 30.8 Å². The number of nitrogens with one attached hydrogen (secondary N) is 2. The van der Waals surface area contributed by atoms with Gasteiger partial charge in [0, 0.05) is 6.54 Å². The summed E-state index contributed by atoms with van der Waals surface area (Å²) in [6, 6.07) is 8.99. The highest BCUT2D eigenvalue weighted by Gasteiger charge is 2.13. The first-order chi connectivity index (χ1) is 8.13. The van der Waals surface area contributed by atoms with Crippen LogP contribution < -0.4 is 16.4 Å². The molecule has 100 valence electrons. The molecule has 0 aromatic heterocycles. The minimum atomic E-state index is -0.574. The van der Waals surface area contributed by atoms with Gasteiger partial charge >= 0.3 is 0 Å². The van der Waals surface area contributed by atoms with Crippen molar-refractivity contribution in [2.24, 2.45) is 5.73 Å². The molecule has 1 aromatic rings. The third-order valence-electron chi connectivity index (χ3n) is 2.27. The van der Waals surface area contributed by atoms with Gasteiger partial charge in [-0.15, -0.1) is 12.4 Å². The van der Waals surface area contributed by atoms with Crippen LogP contribution in [0, 0.1) is 0 Å². The summed E-state index contributed by atoms with van der Waals surface area (Å²) in [6.45, 7) is 1.95. The van der Waals surface area contributed by atoms with E-state index in [9.17, 15) is 9.59 Å². The molecule has 4 N–H and O–H groups in total. The smallest absolute Gasteiger partial charge is 0.242 e. The van der Waals surface area contributed by atoms with Crippen LogP contribution in [-0.4, -0.2) is 24.4 Å². The first kappa shape index (κ1) is 16.4. The second-order valence-corrected chi connectivity index (χ2v) is 3.70. The summed E-state index contributed by atoms with van der Waals surface area (Å²) in [7, 11) is 0. The topological polar surface area (TPSA) is 84.2 Å². The lowest BCUT2D eigenvalue weighted by Crippen LogP contribution is -2.46. The van der Waals surface area contributed by atoms with E-state index in [1.54, 1.807) is 6.92 Å². The number of carbonyl (C=O) groups is 2. The van der Waals surface area contributed by atoms with E-state index in [2.05, 4.69) is 10.6 Å². The van der Waals surface area contributed by atoms with Gasteiger partial charge in [0.15, 0.2) is 0 Å². The zero-order chi connectivity index (χ0) is 12.7. The molecule has 1 unspecified atom stereocenters. The summed E-state index contributed by atoms with van der Waals surface area (Å²) in [5, 5.41) is 5.22. The Labute approximate surface area is 113 Å². The van der Waals surface area contributed by atoms with Gasteiger partial charge in [0.2, 0.25) is 11.8 Å². The number of hydrogen-bond donors (Lipinski definition) is 3. The van der Waals surface area contributed by atoms with Crippen molar-refractivity contribution in [3.63, 3.8) is 0 Å². The molecule has 0 heterocycles. The molecule has 0 aliphatic heterocycles. The van der Waals surface area contributed by atoms with Crippen molar-refractivity contribution in [2.75, 3.05) is 6.54 Å². The summed E-state index contributed by atoms with van der Waals surface area (Å²) >= 11 is 0. The van der Waals surface area contributed by atoms with E-state index in [0.29, 0.717) is 6.54 Å². The maximum absolute atomic E-state index is 11.6.